The van der Waals surface area contributed by atoms with Gasteiger partial charge >= 0.3 is 0 Å². The van der Waals surface area contributed by atoms with Crippen LogP contribution in [-0.2, 0) is 9.47 Å². The van der Waals surface area contributed by atoms with Crippen molar-refractivity contribution in [3.63, 3.8) is 0 Å². The molecule has 0 aliphatic carbocycles. The molecule has 0 saturated carbocycles. The summed E-state index contributed by atoms with van der Waals surface area (Å²) in [6.07, 6.45) is 0.927. The summed E-state index contributed by atoms with van der Waals surface area (Å²) in [4.78, 5) is 0. The molecule has 3 heteroatoms. The van der Waals surface area contributed by atoms with Crippen LogP contribution in [0.2, 0.25) is 0 Å². The molecule has 13 heavy (non-hydrogen) atoms. The summed E-state index contributed by atoms with van der Waals surface area (Å²) in [5, 5.41) is 3.31. The van der Waals surface area contributed by atoms with Crippen molar-refractivity contribution in [1.82, 2.24) is 5.32 Å². The van der Waals surface area contributed by atoms with Crippen molar-refractivity contribution in [2.75, 3.05) is 20.3 Å². The molecule has 0 bridgehead atoms. The van der Waals surface area contributed by atoms with Crippen molar-refractivity contribution in [3.05, 3.63) is 0 Å². The maximum absolute atomic E-state index is 5.42. The molecule has 78 valence electrons. The lowest BCUT2D eigenvalue weighted by atomic mass is 9.85. The van der Waals surface area contributed by atoms with Gasteiger partial charge in [0.2, 0.25) is 0 Å². The first-order valence-electron chi connectivity index (χ1n) is 4.94. The number of hydrogen-bond acceptors (Lipinski definition) is 3. The molecule has 0 aromatic carbocycles. The summed E-state index contributed by atoms with van der Waals surface area (Å²) in [7, 11) is 1.99. The molecule has 0 aromatic heterocycles. The summed E-state index contributed by atoms with van der Waals surface area (Å²) in [6, 6.07) is 0.440. The Bertz CT molecular complexity index is 147. The van der Waals surface area contributed by atoms with Crippen LogP contribution in [0.1, 0.15) is 27.2 Å². The second-order valence-electron chi connectivity index (χ2n) is 4.61. The van der Waals surface area contributed by atoms with Gasteiger partial charge in [-0.1, -0.05) is 20.8 Å². The first-order chi connectivity index (χ1) is 6.04. The largest absolute Gasteiger partial charge is 0.350 e. The summed E-state index contributed by atoms with van der Waals surface area (Å²) >= 11 is 0. The van der Waals surface area contributed by atoms with Gasteiger partial charge in [0.1, 0.15) is 0 Å². The second kappa shape index (κ2) is 4.40. The van der Waals surface area contributed by atoms with Crippen LogP contribution in [0.4, 0.5) is 0 Å². The highest BCUT2D eigenvalue weighted by atomic mass is 16.7. The Hall–Kier alpha value is -0.120. The first-order valence-corrected chi connectivity index (χ1v) is 4.94. The predicted octanol–water partition coefficient (Wildman–Crippen LogP) is 1.38. The quantitative estimate of drug-likeness (QED) is 0.724. The van der Waals surface area contributed by atoms with Crippen LogP contribution in [0.3, 0.4) is 0 Å². The minimum Gasteiger partial charge on any atom is -0.350 e. The lowest BCUT2D eigenvalue weighted by Gasteiger charge is -2.31. The monoisotopic (exact) mass is 187 g/mol. The molecule has 1 N–H and O–H groups in total. The average molecular weight is 187 g/mol. The standard InChI is InChI=1S/C10H21NO2/c1-10(2,3)8(11-4)7-9-12-5-6-13-9/h8-9,11H,5-7H2,1-4H3. The van der Waals surface area contributed by atoms with Gasteiger partial charge in [-0.05, 0) is 12.5 Å². The molecule has 1 aliphatic heterocycles. The third kappa shape index (κ3) is 3.25. The second-order valence-corrected chi connectivity index (χ2v) is 4.61. The SMILES string of the molecule is CNC(CC1OCCO1)C(C)(C)C. The summed E-state index contributed by atoms with van der Waals surface area (Å²) < 4.78 is 10.8. The molecule has 0 amide bonds. The molecule has 3 nitrogen and oxygen atoms in total. The van der Waals surface area contributed by atoms with E-state index in [2.05, 4.69) is 26.1 Å². The van der Waals surface area contributed by atoms with E-state index in [4.69, 9.17) is 9.47 Å². The van der Waals surface area contributed by atoms with Crippen LogP contribution in [0.25, 0.3) is 0 Å². The predicted molar refractivity (Wildman–Crippen MR) is 52.6 cm³/mol. The van der Waals surface area contributed by atoms with Gasteiger partial charge < -0.3 is 14.8 Å². The molecule has 1 aliphatic rings. The number of hydrogen-bond donors (Lipinski definition) is 1. The lowest BCUT2D eigenvalue weighted by molar-refractivity contribution is -0.0594. The van der Waals surface area contributed by atoms with Gasteiger partial charge in [0.15, 0.2) is 6.29 Å². The topological polar surface area (TPSA) is 30.5 Å². The third-order valence-corrected chi connectivity index (χ3v) is 2.51. The Labute approximate surface area is 80.8 Å². The number of nitrogens with one attached hydrogen (secondary N) is 1. The van der Waals surface area contributed by atoms with Gasteiger partial charge in [-0.25, -0.2) is 0 Å². The summed E-state index contributed by atoms with van der Waals surface area (Å²) in [5.74, 6) is 0. The van der Waals surface area contributed by atoms with Crippen molar-refractivity contribution in [2.24, 2.45) is 5.41 Å². The van der Waals surface area contributed by atoms with Crippen molar-refractivity contribution in [2.45, 2.75) is 39.5 Å². The van der Waals surface area contributed by atoms with Gasteiger partial charge in [-0.15, -0.1) is 0 Å². The molecule has 0 spiro atoms. The zero-order valence-electron chi connectivity index (χ0n) is 9.09. The fraction of sp³-hybridized carbons (Fsp3) is 1.00. The highest BCUT2D eigenvalue weighted by Crippen LogP contribution is 2.24. The van der Waals surface area contributed by atoms with Crippen LogP contribution in [-0.4, -0.2) is 32.6 Å². The van der Waals surface area contributed by atoms with Crippen molar-refractivity contribution in [1.29, 1.82) is 0 Å². The minimum atomic E-state index is -0.00308. The van der Waals surface area contributed by atoms with Crippen LogP contribution in [0.5, 0.6) is 0 Å². The Morgan fingerprint density at radius 2 is 1.85 bits per heavy atom. The van der Waals surface area contributed by atoms with Gasteiger partial charge in [0, 0.05) is 12.5 Å². The molecular weight excluding hydrogens is 166 g/mol. The Morgan fingerprint density at radius 3 is 2.23 bits per heavy atom. The van der Waals surface area contributed by atoms with Crippen LogP contribution in [0, 0.1) is 5.41 Å². The summed E-state index contributed by atoms with van der Waals surface area (Å²) in [6.45, 7) is 8.16. The zero-order valence-corrected chi connectivity index (χ0v) is 9.09. The molecule has 0 radical (unpaired) electrons. The van der Waals surface area contributed by atoms with Gasteiger partial charge in [-0.2, -0.15) is 0 Å². The molecule has 1 fully saturated rings. The van der Waals surface area contributed by atoms with Crippen LogP contribution >= 0.6 is 0 Å². The minimum absolute atomic E-state index is 0.00308. The van der Waals surface area contributed by atoms with Crippen LogP contribution in [0.15, 0.2) is 0 Å². The maximum atomic E-state index is 5.42. The van der Waals surface area contributed by atoms with Gasteiger partial charge in [0.05, 0.1) is 13.2 Å². The number of rotatable bonds is 3. The molecule has 1 heterocycles. The van der Waals surface area contributed by atoms with E-state index in [0.29, 0.717) is 6.04 Å². The molecular formula is C10H21NO2. The Balaban J connectivity index is 2.39. The van der Waals surface area contributed by atoms with Gasteiger partial charge in [-0.3, -0.25) is 0 Å². The normalized spacial score (nSPS) is 22.2. The summed E-state index contributed by atoms with van der Waals surface area (Å²) in [5.41, 5.74) is 0.254. The average Bonchev–Trinajstić information content (AvgIpc) is 2.49. The van der Waals surface area contributed by atoms with Gasteiger partial charge in [0.25, 0.3) is 0 Å². The smallest absolute Gasteiger partial charge is 0.159 e. The molecule has 1 saturated heterocycles. The van der Waals surface area contributed by atoms with Crippen LogP contribution < -0.4 is 5.32 Å². The first kappa shape index (κ1) is 11.0. The van der Waals surface area contributed by atoms with E-state index in [1.54, 1.807) is 0 Å². The van der Waals surface area contributed by atoms with Crippen molar-refractivity contribution >= 4 is 0 Å². The van der Waals surface area contributed by atoms with E-state index in [1.807, 2.05) is 7.05 Å². The maximum Gasteiger partial charge on any atom is 0.159 e. The molecule has 0 aromatic rings. The Morgan fingerprint density at radius 1 is 1.31 bits per heavy atom. The van der Waals surface area contributed by atoms with E-state index in [0.717, 1.165) is 19.6 Å². The van der Waals surface area contributed by atoms with E-state index in [9.17, 15) is 0 Å². The lowest BCUT2D eigenvalue weighted by Crippen LogP contribution is -2.40. The Kier molecular flexibility index (Phi) is 3.71. The number of ether oxygens (including phenoxy) is 2. The molecule has 1 rings (SSSR count). The van der Waals surface area contributed by atoms with E-state index in [1.165, 1.54) is 0 Å². The van der Waals surface area contributed by atoms with Crippen molar-refractivity contribution < 1.29 is 9.47 Å². The van der Waals surface area contributed by atoms with E-state index in [-0.39, 0.29) is 11.7 Å². The molecule has 1 atom stereocenters. The zero-order chi connectivity index (χ0) is 9.90. The fourth-order valence-corrected chi connectivity index (χ4v) is 1.64. The highest BCUT2D eigenvalue weighted by Gasteiger charge is 2.28. The van der Waals surface area contributed by atoms with E-state index >= 15 is 0 Å². The molecule has 1 unspecified atom stereocenters. The van der Waals surface area contributed by atoms with Crippen molar-refractivity contribution in [3.8, 4) is 0 Å². The van der Waals surface area contributed by atoms with E-state index < -0.39 is 0 Å². The highest BCUT2D eigenvalue weighted by molar-refractivity contribution is 4.80. The fourth-order valence-electron chi connectivity index (χ4n) is 1.64. The third-order valence-electron chi connectivity index (χ3n) is 2.51.